The Morgan fingerprint density at radius 3 is 2.34 bits per heavy atom. The van der Waals surface area contributed by atoms with Crippen molar-refractivity contribution in [2.45, 2.75) is 31.6 Å². The maximum atomic E-state index is 13.5. The third kappa shape index (κ3) is 5.55. The second-order valence-corrected chi connectivity index (χ2v) is 8.62. The second kappa shape index (κ2) is 10.9. The van der Waals surface area contributed by atoms with E-state index in [0.29, 0.717) is 5.71 Å². The average Bonchev–Trinajstić information content (AvgIpc) is 2.99. The SMILES string of the molecule is CC(NC(=O)C/C=C/c1ccccc1)C(=O)C1N=C(c2ccccc2)c2ccccc2N(C)[C@@H]1N. The zero-order chi connectivity index (χ0) is 24.8. The first-order valence-corrected chi connectivity index (χ1v) is 11.7. The summed E-state index contributed by atoms with van der Waals surface area (Å²) in [5.41, 5.74) is 11.0. The Morgan fingerprint density at radius 2 is 1.63 bits per heavy atom. The van der Waals surface area contributed by atoms with Gasteiger partial charge in [0, 0.05) is 30.3 Å². The van der Waals surface area contributed by atoms with Gasteiger partial charge in [-0.05, 0) is 18.6 Å². The molecule has 0 saturated carbocycles. The molecule has 6 nitrogen and oxygen atoms in total. The van der Waals surface area contributed by atoms with Gasteiger partial charge in [0.1, 0.15) is 12.2 Å². The van der Waals surface area contributed by atoms with E-state index < -0.39 is 18.2 Å². The summed E-state index contributed by atoms with van der Waals surface area (Å²) in [4.78, 5) is 32.8. The Balaban J connectivity index is 1.55. The van der Waals surface area contributed by atoms with E-state index in [1.165, 1.54) is 0 Å². The van der Waals surface area contributed by atoms with Gasteiger partial charge in [-0.1, -0.05) is 91.0 Å². The normalized spacial score (nSPS) is 18.4. The van der Waals surface area contributed by atoms with Gasteiger partial charge in [-0.2, -0.15) is 0 Å². The van der Waals surface area contributed by atoms with Crippen LogP contribution in [0.3, 0.4) is 0 Å². The number of amides is 1. The van der Waals surface area contributed by atoms with Crippen LogP contribution in [-0.4, -0.2) is 42.7 Å². The van der Waals surface area contributed by atoms with Crippen molar-refractivity contribution in [2.24, 2.45) is 10.7 Å². The van der Waals surface area contributed by atoms with Crippen LogP contribution in [0.2, 0.25) is 0 Å². The quantitative estimate of drug-likeness (QED) is 0.554. The van der Waals surface area contributed by atoms with E-state index in [-0.39, 0.29) is 18.1 Å². The number of hydrogen-bond acceptors (Lipinski definition) is 5. The first-order valence-electron chi connectivity index (χ1n) is 11.7. The second-order valence-electron chi connectivity index (χ2n) is 8.62. The Hall–Kier alpha value is -4.03. The number of nitrogens with zero attached hydrogens (tertiary/aromatic N) is 2. The van der Waals surface area contributed by atoms with Crippen LogP contribution in [0.1, 0.15) is 30.0 Å². The summed E-state index contributed by atoms with van der Waals surface area (Å²) in [6.45, 7) is 1.68. The van der Waals surface area contributed by atoms with Gasteiger partial charge in [-0.3, -0.25) is 14.6 Å². The van der Waals surface area contributed by atoms with Gasteiger partial charge in [0.25, 0.3) is 0 Å². The predicted molar refractivity (Wildman–Crippen MR) is 141 cm³/mol. The molecule has 4 rings (SSSR count). The molecule has 3 N–H and O–H groups in total. The van der Waals surface area contributed by atoms with Crippen LogP contribution in [0.15, 0.2) is 96.0 Å². The van der Waals surface area contributed by atoms with Crippen molar-refractivity contribution in [1.29, 1.82) is 0 Å². The van der Waals surface area contributed by atoms with E-state index in [1.54, 1.807) is 13.0 Å². The number of carbonyl (C=O) groups is 2. The first kappa shape index (κ1) is 24.1. The molecule has 1 heterocycles. The number of para-hydroxylation sites is 1. The molecule has 6 heteroatoms. The molecule has 0 radical (unpaired) electrons. The Bertz CT molecular complexity index is 1240. The molecule has 0 aromatic heterocycles. The monoisotopic (exact) mass is 466 g/mol. The van der Waals surface area contributed by atoms with Crippen molar-refractivity contribution in [2.75, 3.05) is 11.9 Å². The highest BCUT2D eigenvalue weighted by Crippen LogP contribution is 2.29. The number of aliphatic imine (C=N–C) groups is 1. The fraction of sp³-hybridized carbons (Fsp3) is 0.207. The average molecular weight is 467 g/mol. The smallest absolute Gasteiger partial charge is 0.224 e. The van der Waals surface area contributed by atoms with E-state index in [9.17, 15) is 9.59 Å². The number of likely N-dealkylation sites (N-methyl/N-ethyl adjacent to an activating group) is 1. The molecule has 0 fully saturated rings. The van der Waals surface area contributed by atoms with Gasteiger partial charge in [0.15, 0.2) is 5.78 Å². The summed E-state index contributed by atoms with van der Waals surface area (Å²) in [6, 6.07) is 25.8. The minimum absolute atomic E-state index is 0.174. The molecular formula is C29H30N4O2. The van der Waals surface area contributed by atoms with Crippen LogP contribution in [0.25, 0.3) is 6.08 Å². The molecular weight excluding hydrogens is 436 g/mol. The zero-order valence-electron chi connectivity index (χ0n) is 20.0. The number of ketones is 1. The number of anilines is 1. The fourth-order valence-corrected chi connectivity index (χ4v) is 4.19. The number of benzodiazepines with no additional fused rings is 1. The maximum Gasteiger partial charge on any atom is 0.224 e. The zero-order valence-corrected chi connectivity index (χ0v) is 20.0. The highest BCUT2D eigenvalue weighted by Gasteiger charge is 2.36. The van der Waals surface area contributed by atoms with Gasteiger partial charge in [-0.25, -0.2) is 0 Å². The summed E-state index contributed by atoms with van der Waals surface area (Å²) in [6.07, 6.45) is 3.17. The van der Waals surface area contributed by atoms with E-state index in [4.69, 9.17) is 10.7 Å². The minimum Gasteiger partial charge on any atom is -0.356 e. The van der Waals surface area contributed by atoms with Crippen LogP contribution < -0.4 is 16.0 Å². The molecule has 0 saturated heterocycles. The van der Waals surface area contributed by atoms with Crippen molar-refractivity contribution in [3.8, 4) is 0 Å². The summed E-state index contributed by atoms with van der Waals surface area (Å²) in [5, 5.41) is 2.81. The van der Waals surface area contributed by atoms with Crippen LogP contribution >= 0.6 is 0 Å². The largest absolute Gasteiger partial charge is 0.356 e. The number of rotatable bonds is 7. The molecule has 2 unspecified atom stereocenters. The van der Waals surface area contributed by atoms with E-state index in [1.807, 2.05) is 103 Å². The fourth-order valence-electron chi connectivity index (χ4n) is 4.19. The number of nitrogens with two attached hydrogens (primary N) is 1. The van der Waals surface area contributed by atoms with E-state index in [2.05, 4.69) is 5.32 Å². The number of benzene rings is 3. The minimum atomic E-state index is -0.849. The van der Waals surface area contributed by atoms with Crippen LogP contribution in [0.5, 0.6) is 0 Å². The molecule has 0 bridgehead atoms. The molecule has 178 valence electrons. The van der Waals surface area contributed by atoms with Crippen molar-refractivity contribution in [1.82, 2.24) is 5.32 Å². The molecule has 0 spiro atoms. The topological polar surface area (TPSA) is 87.8 Å². The third-order valence-electron chi connectivity index (χ3n) is 6.13. The summed E-state index contributed by atoms with van der Waals surface area (Å²) in [7, 11) is 1.87. The summed E-state index contributed by atoms with van der Waals surface area (Å²) < 4.78 is 0. The maximum absolute atomic E-state index is 13.5. The number of fused-ring (bicyclic) bond motifs is 1. The molecule has 3 aromatic carbocycles. The van der Waals surface area contributed by atoms with Crippen molar-refractivity contribution < 1.29 is 9.59 Å². The molecule has 3 atom stereocenters. The number of carbonyl (C=O) groups excluding carboxylic acids is 2. The Morgan fingerprint density at radius 1 is 1.00 bits per heavy atom. The highest BCUT2D eigenvalue weighted by molar-refractivity contribution is 6.17. The first-order chi connectivity index (χ1) is 17.0. The highest BCUT2D eigenvalue weighted by atomic mass is 16.2. The molecule has 3 aromatic rings. The molecule has 1 amide bonds. The van der Waals surface area contributed by atoms with Gasteiger partial charge in [0.2, 0.25) is 5.91 Å². The third-order valence-corrected chi connectivity index (χ3v) is 6.13. The molecule has 1 aliphatic rings. The number of nitrogens with one attached hydrogen (secondary N) is 1. The predicted octanol–water partition coefficient (Wildman–Crippen LogP) is 3.80. The lowest BCUT2D eigenvalue weighted by Crippen LogP contribution is -2.54. The van der Waals surface area contributed by atoms with Gasteiger partial charge in [0.05, 0.1) is 11.8 Å². The van der Waals surface area contributed by atoms with Gasteiger partial charge in [-0.15, -0.1) is 0 Å². The number of Topliss-reactive ketones (excluding diaryl/α,β-unsaturated/α-hetero) is 1. The Kier molecular flexibility index (Phi) is 7.53. The van der Waals surface area contributed by atoms with E-state index >= 15 is 0 Å². The molecule has 35 heavy (non-hydrogen) atoms. The molecule has 1 aliphatic heterocycles. The van der Waals surface area contributed by atoms with Gasteiger partial charge < -0.3 is 16.0 Å². The van der Waals surface area contributed by atoms with Crippen molar-refractivity contribution in [3.05, 3.63) is 108 Å². The summed E-state index contributed by atoms with van der Waals surface area (Å²) >= 11 is 0. The van der Waals surface area contributed by atoms with Crippen LogP contribution in [0, 0.1) is 0 Å². The van der Waals surface area contributed by atoms with Crippen molar-refractivity contribution in [3.63, 3.8) is 0 Å². The lowest BCUT2D eigenvalue weighted by atomic mass is 10.00. The van der Waals surface area contributed by atoms with Crippen LogP contribution in [-0.2, 0) is 9.59 Å². The molecule has 0 aliphatic carbocycles. The van der Waals surface area contributed by atoms with Gasteiger partial charge >= 0.3 is 0 Å². The standard InChI is InChI=1S/C29H30N4O2/c1-20(31-25(34)19-11-14-21-12-5-3-6-13-21)28(35)27-29(30)33(2)24-18-10-9-17-23(24)26(32-27)22-15-7-4-8-16-22/h3-18,20,27,29H,19,30H2,1-2H3,(H,31,34)/b14-11+/t20?,27?,29-/m0/s1. The van der Waals surface area contributed by atoms with Crippen LogP contribution in [0.4, 0.5) is 5.69 Å². The van der Waals surface area contributed by atoms with Crippen molar-refractivity contribution >= 4 is 29.2 Å². The summed E-state index contributed by atoms with van der Waals surface area (Å²) in [5.74, 6) is -0.463. The van der Waals surface area contributed by atoms with E-state index in [0.717, 1.165) is 22.4 Å². The number of hydrogen-bond donors (Lipinski definition) is 2. The lowest BCUT2D eigenvalue weighted by Gasteiger charge is -2.30. The lowest BCUT2D eigenvalue weighted by molar-refractivity contribution is -0.127. The Labute approximate surface area is 206 Å².